The number of nitrogens with one attached hydrogen (secondary N) is 2. The van der Waals surface area contributed by atoms with E-state index in [2.05, 4.69) is 20.7 Å². The van der Waals surface area contributed by atoms with Crippen molar-refractivity contribution in [2.24, 2.45) is 4.99 Å². The van der Waals surface area contributed by atoms with Crippen LogP contribution in [0.2, 0.25) is 0 Å². The molecule has 7 nitrogen and oxygen atoms in total. The van der Waals surface area contributed by atoms with E-state index in [-0.39, 0.29) is 12.3 Å². The second-order valence-electron chi connectivity index (χ2n) is 7.21. The molecule has 0 atom stereocenters. The van der Waals surface area contributed by atoms with Gasteiger partial charge in [-0.05, 0) is 47.4 Å². The highest BCUT2D eigenvalue weighted by atomic mass is 32.2. The number of aliphatic imine (C=N–C) groups is 1. The van der Waals surface area contributed by atoms with Crippen LogP contribution >= 0.6 is 0 Å². The first kappa shape index (κ1) is 22.5. The highest BCUT2D eigenvalue weighted by Gasteiger charge is 2.11. The summed E-state index contributed by atoms with van der Waals surface area (Å²) < 4.78 is 38.8. The summed E-state index contributed by atoms with van der Waals surface area (Å²) >= 11 is 0. The standard InChI is InChI=1S/C22H26FN5O2S/c1-24-22(26-14-19-12-20(23)9-8-18(19)16-31(2,29)30)25-11-10-17-13-27-28(15-17)21-6-4-3-5-7-21/h3-9,12-13,15H,10-11,14,16H2,1-2H3,(H2,24,25,26). The summed E-state index contributed by atoms with van der Waals surface area (Å²) in [5.41, 5.74) is 3.23. The van der Waals surface area contributed by atoms with Crippen molar-refractivity contribution >= 4 is 15.8 Å². The summed E-state index contributed by atoms with van der Waals surface area (Å²) in [4.78, 5) is 4.18. The SMILES string of the molecule is CN=C(NCCc1cnn(-c2ccccc2)c1)NCc1cc(F)ccc1CS(C)(=O)=O. The molecule has 164 valence electrons. The predicted octanol–water partition coefficient (Wildman–Crippen LogP) is 2.46. The number of para-hydroxylation sites is 1. The Hall–Kier alpha value is -3.20. The fourth-order valence-corrected chi connectivity index (χ4v) is 3.96. The lowest BCUT2D eigenvalue weighted by Crippen LogP contribution is -2.38. The van der Waals surface area contributed by atoms with Crippen LogP contribution in [0.3, 0.4) is 0 Å². The number of halogens is 1. The maximum absolute atomic E-state index is 13.7. The van der Waals surface area contributed by atoms with Gasteiger partial charge in [0.2, 0.25) is 0 Å². The zero-order valence-electron chi connectivity index (χ0n) is 17.5. The Morgan fingerprint density at radius 3 is 2.61 bits per heavy atom. The van der Waals surface area contributed by atoms with Crippen molar-refractivity contribution in [2.45, 2.75) is 18.7 Å². The molecular formula is C22H26FN5O2S. The zero-order valence-corrected chi connectivity index (χ0v) is 18.4. The maximum atomic E-state index is 13.7. The molecule has 0 radical (unpaired) electrons. The minimum Gasteiger partial charge on any atom is -0.356 e. The van der Waals surface area contributed by atoms with Crippen molar-refractivity contribution in [1.82, 2.24) is 20.4 Å². The summed E-state index contributed by atoms with van der Waals surface area (Å²) in [7, 11) is -1.58. The Morgan fingerprint density at radius 2 is 1.90 bits per heavy atom. The van der Waals surface area contributed by atoms with Crippen LogP contribution in [0.15, 0.2) is 65.9 Å². The van der Waals surface area contributed by atoms with E-state index in [0.29, 0.717) is 23.6 Å². The van der Waals surface area contributed by atoms with E-state index < -0.39 is 15.7 Å². The molecule has 3 aromatic rings. The Labute approximate surface area is 181 Å². The molecule has 31 heavy (non-hydrogen) atoms. The van der Waals surface area contributed by atoms with E-state index in [9.17, 15) is 12.8 Å². The number of hydrogen-bond acceptors (Lipinski definition) is 4. The topological polar surface area (TPSA) is 88.4 Å². The average molecular weight is 444 g/mol. The summed E-state index contributed by atoms with van der Waals surface area (Å²) in [6, 6.07) is 14.0. The number of nitrogens with zero attached hydrogens (tertiary/aromatic N) is 3. The molecule has 1 heterocycles. The van der Waals surface area contributed by atoms with E-state index in [4.69, 9.17) is 0 Å². The van der Waals surface area contributed by atoms with E-state index in [1.807, 2.05) is 47.4 Å². The van der Waals surface area contributed by atoms with E-state index in [0.717, 1.165) is 23.9 Å². The van der Waals surface area contributed by atoms with E-state index >= 15 is 0 Å². The molecule has 0 aliphatic rings. The van der Waals surface area contributed by atoms with Gasteiger partial charge in [-0.1, -0.05) is 24.3 Å². The average Bonchev–Trinajstić information content (AvgIpc) is 3.21. The molecule has 0 bridgehead atoms. The number of guanidine groups is 1. The van der Waals surface area contributed by atoms with Crippen molar-refractivity contribution in [3.63, 3.8) is 0 Å². The van der Waals surface area contributed by atoms with Crippen molar-refractivity contribution in [3.05, 3.63) is 83.4 Å². The van der Waals surface area contributed by atoms with Crippen molar-refractivity contribution in [1.29, 1.82) is 0 Å². The smallest absolute Gasteiger partial charge is 0.191 e. The summed E-state index contributed by atoms with van der Waals surface area (Å²) in [5.74, 6) is -0.000654. The first-order chi connectivity index (χ1) is 14.8. The molecule has 0 saturated heterocycles. The van der Waals surface area contributed by atoms with Gasteiger partial charge in [0.25, 0.3) is 0 Å². The molecule has 2 N–H and O–H groups in total. The van der Waals surface area contributed by atoms with Gasteiger partial charge < -0.3 is 10.6 Å². The van der Waals surface area contributed by atoms with Crippen molar-refractivity contribution in [2.75, 3.05) is 19.8 Å². The molecule has 2 aromatic carbocycles. The Bertz CT molecular complexity index is 1140. The third kappa shape index (κ3) is 6.92. The molecule has 0 unspecified atom stereocenters. The third-order valence-electron chi connectivity index (χ3n) is 4.62. The van der Waals surface area contributed by atoms with Crippen LogP contribution in [0.25, 0.3) is 5.69 Å². The number of rotatable bonds is 8. The Kier molecular flexibility index (Phi) is 7.41. The van der Waals surface area contributed by atoms with E-state index in [1.165, 1.54) is 18.2 Å². The highest BCUT2D eigenvalue weighted by molar-refractivity contribution is 7.89. The van der Waals surface area contributed by atoms with Gasteiger partial charge in [-0.15, -0.1) is 0 Å². The van der Waals surface area contributed by atoms with E-state index in [1.54, 1.807) is 7.05 Å². The van der Waals surface area contributed by atoms with Gasteiger partial charge in [-0.3, -0.25) is 4.99 Å². The van der Waals surface area contributed by atoms with Crippen LogP contribution < -0.4 is 10.6 Å². The fraction of sp³-hybridized carbons (Fsp3) is 0.273. The lowest BCUT2D eigenvalue weighted by molar-refractivity contribution is 0.599. The monoisotopic (exact) mass is 443 g/mol. The maximum Gasteiger partial charge on any atom is 0.191 e. The molecule has 0 aliphatic carbocycles. The number of hydrogen-bond donors (Lipinski definition) is 2. The number of sulfone groups is 1. The van der Waals surface area contributed by atoms with Gasteiger partial charge in [-0.2, -0.15) is 5.10 Å². The second kappa shape index (κ2) is 10.2. The van der Waals surface area contributed by atoms with Crippen LogP contribution in [0.4, 0.5) is 4.39 Å². The Balaban J connectivity index is 1.54. The summed E-state index contributed by atoms with van der Waals surface area (Å²) in [6.45, 7) is 0.883. The third-order valence-corrected chi connectivity index (χ3v) is 5.45. The molecule has 0 saturated carbocycles. The minimum atomic E-state index is -3.22. The van der Waals surface area contributed by atoms with Gasteiger partial charge in [0, 0.05) is 32.6 Å². The number of benzene rings is 2. The lowest BCUT2D eigenvalue weighted by Gasteiger charge is -2.14. The molecule has 0 fully saturated rings. The van der Waals surface area contributed by atoms with Gasteiger partial charge in [0.15, 0.2) is 15.8 Å². The molecule has 9 heteroatoms. The number of aromatic nitrogens is 2. The lowest BCUT2D eigenvalue weighted by atomic mass is 10.1. The molecule has 0 aliphatic heterocycles. The quantitative estimate of drug-likeness (QED) is 0.413. The molecule has 0 amide bonds. The molecule has 3 rings (SSSR count). The second-order valence-corrected chi connectivity index (χ2v) is 9.35. The van der Waals surface area contributed by atoms with Gasteiger partial charge in [-0.25, -0.2) is 17.5 Å². The zero-order chi connectivity index (χ0) is 22.3. The van der Waals surface area contributed by atoms with Crippen LogP contribution in [0.5, 0.6) is 0 Å². The Morgan fingerprint density at radius 1 is 1.13 bits per heavy atom. The first-order valence-corrected chi connectivity index (χ1v) is 11.9. The largest absolute Gasteiger partial charge is 0.356 e. The summed E-state index contributed by atoms with van der Waals surface area (Å²) in [6.07, 6.45) is 5.72. The predicted molar refractivity (Wildman–Crippen MR) is 120 cm³/mol. The van der Waals surface area contributed by atoms with Crippen LogP contribution in [-0.2, 0) is 28.6 Å². The van der Waals surface area contributed by atoms with Crippen LogP contribution in [0, 0.1) is 5.82 Å². The molecule has 1 aromatic heterocycles. The molecule has 0 spiro atoms. The summed E-state index contributed by atoms with van der Waals surface area (Å²) in [5, 5.41) is 10.7. The first-order valence-electron chi connectivity index (χ1n) is 9.82. The van der Waals surface area contributed by atoms with Crippen molar-refractivity contribution < 1.29 is 12.8 Å². The van der Waals surface area contributed by atoms with Crippen LogP contribution in [-0.4, -0.2) is 44.0 Å². The van der Waals surface area contributed by atoms with Gasteiger partial charge >= 0.3 is 0 Å². The minimum absolute atomic E-state index is 0.137. The van der Waals surface area contributed by atoms with Crippen LogP contribution in [0.1, 0.15) is 16.7 Å². The van der Waals surface area contributed by atoms with Gasteiger partial charge in [0.1, 0.15) is 5.82 Å². The highest BCUT2D eigenvalue weighted by Crippen LogP contribution is 2.14. The van der Waals surface area contributed by atoms with Gasteiger partial charge in [0.05, 0.1) is 17.6 Å². The fourth-order valence-electron chi connectivity index (χ4n) is 3.12. The normalized spacial score (nSPS) is 12.0. The van der Waals surface area contributed by atoms with Crippen molar-refractivity contribution in [3.8, 4) is 5.69 Å². The molecular weight excluding hydrogens is 417 g/mol.